The molecule has 0 spiro atoms. The van der Waals surface area contributed by atoms with E-state index >= 15 is 0 Å². The van der Waals surface area contributed by atoms with Crippen LogP contribution in [0.2, 0.25) is 10.3 Å². The number of aromatic nitrogens is 3. The zero-order chi connectivity index (χ0) is 21.8. The molecule has 5 nitrogen and oxygen atoms in total. The maximum Gasteiger partial charge on any atom is 0.257 e. The van der Waals surface area contributed by atoms with Gasteiger partial charge in [0.1, 0.15) is 0 Å². The first-order valence-electron chi connectivity index (χ1n) is 9.48. The Morgan fingerprint density at radius 1 is 1.00 bits per heavy atom. The standard InChI is InChI=1S/C23H18Cl2N4OS/c1-15-10-12-16(13-11-15)14-29-23(27-22(25)28-29)31-20-9-5-4-8-19(20)26-21(30)17-6-2-3-7-18(17)24/h2-13H,14H2,1H3,(H,26,30). The number of amides is 1. The van der Waals surface area contributed by atoms with Crippen molar-refractivity contribution < 1.29 is 4.79 Å². The first-order valence-corrected chi connectivity index (χ1v) is 11.1. The topological polar surface area (TPSA) is 59.8 Å². The number of carbonyl (C=O) groups excluding carboxylic acids is 1. The van der Waals surface area contributed by atoms with Crippen LogP contribution in [0.3, 0.4) is 0 Å². The zero-order valence-electron chi connectivity index (χ0n) is 16.5. The summed E-state index contributed by atoms with van der Waals surface area (Å²) >= 11 is 13.6. The number of carbonyl (C=O) groups is 1. The van der Waals surface area contributed by atoms with Crippen LogP contribution in [0.1, 0.15) is 21.5 Å². The van der Waals surface area contributed by atoms with E-state index in [0.717, 1.165) is 10.5 Å². The lowest BCUT2D eigenvalue weighted by atomic mass is 10.1. The SMILES string of the molecule is Cc1ccc(Cn2nc(Cl)nc2Sc2ccccc2NC(=O)c2ccccc2Cl)cc1. The van der Waals surface area contributed by atoms with E-state index in [0.29, 0.717) is 28.0 Å². The molecular formula is C23H18Cl2N4OS. The minimum Gasteiger partial charge on any atom is -0.321 e. The van der Waals surface area contributed by atoms with Crippen molar-refractivity contribution in [2.24, 2.45) is 0 Å². The van der Waals surface area contributed by atoms with Gasteiger partial charge < -0.3 is 5.32 Å². The molecule has 1 heterocycles. The van der Waals surface area contributed by atoms with Crippen molar-refractivity contribution in [3.63, 3.8) is 0 Å². The molecule has 0 aliphatic heterocycles. The highest BCUT2D eigenvalue weighted by atomic mass is 35.5. The predicted octanol–water partition coefficient (Wildman–Crippen LogP) is 6.35. The summed E-state index contributed by atoms with van der Waals surface area (Å²) in [6, 6.07) is 22.6. The normalized spacial score (nSPS) is 10.8. The molecule has 8 heteroatoms. The highest BCUT2D eigenvalue weighted by Crippen LogP contribution is 2.33. The summed E-state index contributed by atoms with van der Waals surface area (Å²) in [4.78, 5) is 17.9. The third-order valence-electron chi connectivity index (χ3n) is 4.52. The van der Waals surface area contributed by atoms with Gasteiger partial charge in [-0.25, -0.2) is 4.68 Å². The van der Waals surface area contributed by atoms with Crippen LogP contribution in [0.15, 0.2) is 82.8 Å². The second kappa shape index (κ2) is 9.56. The highest BCUT2D eigenvalue weighted by Gasteiger charge is 2.16. The molecule has 0 saturated carbocycles. The van der Waals surface area contributed by atoms with Gasteiger partial charge in [-0.2, -0.15) is 4.98 Å². The van der Waals surface area contributed by atoms with Crippen LogP contribution in [0.5, 0.6) is 0 Å². The van der Waals surface area contributed by atoms with Gasteiger partial charge >= 0.3 is 0 Å². The molecule has 4 aromatic rings. The minimum absolute atomic E-state index is 0.173. The van der Waals surface area contributed by atoms with Gasteiger partial charge in [0.2, 0.25) is 5.28 Å². The van der Waals surface area contributed by atoms with Crippen molar-refractivity contribution in [2.75, 3.05) is 5.32 Å². The Labute approximate surface area is 194 Å². The summed E-state index contributed by atoms with van der Waals surface area (Å²) in [5.41, 5.74) is 3.35. The summed E-state index contributed by atoms with van der Waals surface area (Å²) in [6.07, 6.45) is 0. The van der Waals surface area contributed by atoms with Crippen molar-refractivity contribution in [3.05, 3.63) is 99.8 Å². The first-order chi connectivity index (χ1) is 15.0. The maximum absolute atomic E-state index is 12.7. The summed E-state index contributed by atoms with van der Waals surface area (Å²) in [5.74, 6) is -0.280. The number of aryl methyl sites for hydroxylation is 1. The van der Waals surface area contributed by atoms with E-state index in [1.165, 1.54) is 17.3 Å². The van der Waals surface area contributed by atoms with E-state index in [2.05, 4.69) is 39.7 Å². The Hall–Kier alpha value is -2.80. The van der Waals surface area contributed by atoms with Gasteiger partial charge in [-0.05, 0) is 60.1 Å². The number of nitrogens with zero attached hydrogens (tertiary/aromatic N) is 3. The van der Waals surface area contributed by atoms with E-state index < -0.39 is 0 Å². The molecule has 0 aliphatic carbocycles. The van der Waals surface area contributed by atoms with Gasteiger partial charge in [0, 0.05) is 4.90 Å². The molecule has 31 heavy (non-hydrogen) atoms. The highest BCUT2D eigenvalue weighted by molar-refractivity contribution is 7.99. The van der Waals surface area contributed by atoms with Crippen LogP contribution in [-0.2, 0) is 6.54 Å². The smallest absolute Gasteiger partial charge is 0.257 e. The molecule has 156 valence electrons. The fourth-order valence-electron chi connectivity index (χ4n) is 2.94. The predicted molar refractivity (Wildman–Crippen MR) is 125 cm³/mol. The van der Waals surface area contributed by atoms with Crippen LogP contribution in [0.4, 0.5) is 5.69 Å². The van der Waals surface area contributed by atoms with Crippen LogP contribution in [0, 0.1) is 6.92 Å². The second-order valence-electron chi connectivity index (χ2n) is 6.84. The van der Waals surface area contributed by atoms with Gasteiger partial charge in [-0.1, -0.05) is 65.7 Å². The molecular weight excluding hydrogens is 451 g/mol. The Morgan fingerprint density at radius 2 is 1.71 bits per heavy atom. The number of benzene rings is 3. The lowest BCUT2D eigenvalue weighted by Crippen LogP contribution is -2.13. The Morgan fingerprint density at radius 3 is 2.48 bits per heavy atom. The third-order valence-corrected chi connectivity index (χ3v) is 6.07. The van der Waals surface area contributed by atoms with Crippen LogP contribution < -0.4 is 5.32 Å². The first kappa shape index (κ1) is 21.4. The van der Waals surface area contributed by atoms with Crippen molar-refractivity contribution in [2.45, 2.75) is 23.5 Å². The molecule has 0 unspecified atom stereocenters. The van der Waals surface area contributed by atoms with E-state index in [1.54, 1.807) is 28.9 Å². The molecule has 0 saturated heterocycles. The minimum atomic E-state index is -0.280. The van der Waals surface area contributed by atoms with Crippen molar-refractivity contribution in [1.82, 2.24) is 14.8 Å². The fraction of sp³-hybridized carbons (Fsp3) is 0.0870. The van der Waals surface area contributed by atoms with Crippen molar-refractivity contribution in [3.8, 4) is 0 Å². The number of anilines is 1. The van der Waals surface area contributed by atoms with E-state index in [-0.39, 0.29) is 11.2 Å². The van der Waals surface area contributed by atoms with E-state index in [4.69, 9.17) is 23.2 Å². The molecule has 0 bridgehead atoms. The molecule has 4 rings (SSSR count). The Balaban J connectivity index is 1.57. The number of hydrogen-bond donors (Lipinski definition) is 1. The summed E-state index contributed by atoms with van der Waals surface area (Å²) in [7, 11) is 0. The lowest BCUT2D eigenvalue weighted by molar-refractivity contribution is 0.102. The molecule has 0 fully saturated rings. The summed E-state index contributed by atoms with van der Waals surface area (Å²) in [5, 5.41) is 8.46. The summed E-state index contributed by atoms with van der Waals surface area (Å²) in [6.45, 7) is 2.59. The van der Waals surface area contributed by atoms with Crippen LogP contribution >= 0.6 is 35.0 Å². The van der Waals surface area contributed by atoms with E-state index in [9.17, 15) is 4.79 Å². The largest absolute Gasteiger partial charge is 0.321 e. The zero-order valence-corrected chi connectivity index (χ0v) is 18.9. The summed E-state index contributed by atoms with van der Waals surface area (Å²) < 4.78 is 1.75. The molecule has 1 amide bonds. The molecule has 0 aliphatic rings. The fourth-order valence-corrected chi connectivity index (χ4v) is 4.30. The number of para-hydroxylation sites is 1. The van der Waals surface area contributed by atoms with E-state index in [1.807, 2.05) is 31.2 Å². The maximum atomic E-state index is 12.7. The van der Waals surface area contributed by atoms with Gasteiger partial charge in [0.15, 0.2) is 5.16 Å². The number of hydrogen-bond acceptors (Lipinski definition) is 4. The monoisotopic (exact) mass is 468 g/mol. The van der Waals surface area contributed by atoms with Gasteiger partial charge in [-0.3, -0.25) is 4.79 Å². The molecule has 3 aromatic carbocycles. The molecule has 1 aromatic heterocycles. The average Bonchev–Trinajstić information content (AvgIpc) is 3.10. The Kier molecular flexibility index (Phi) is 6.61. The molecule has 0 radical (unpaired) electrons. The van der Waals surface area contributed by atoms with Crippen molar-refractivity contribution >= 4 is 46.6 Å². The van der Waals surface area contributed by atoms with Crippen molar-refractivity contribution in [1.29, 1.82) is 0 Å². The quantitative estimate of drug-likeness (QED) is 0.358. The number of halogens is 2. The second-order valence-corrected chi connectivity index (χ2v) is 8.59. The van der Waals surface area contributed by atoms with Gasteiger partial charge in [0.25, 0.3) is 5.91 Å². The van der Waals surface area contributed by atoms with Crippen LogP contribution in [-0.4, -0.2) is 20.7 Å². The van der Waals surface area contributed by atoms with Gasteiger partial charge in [0.05, 0.1) is 22.8 Å². The Bertz CT molecular complexity index is 1220. The lowest BCUT2D eigenvalue weighted by Gasteiger charge is -2.12. The average molecular weight is 469 g/mol. The molecule has 0 atom stereocenters. The number of rotatable bonds is 6. The van der Waals surface area contributed by atoms with Gasteiger partial charge in [-0.15, -0.1) is 5.10 Å². The number of nitrogens with one attached hydrogen (secondary N) is 1. The molecule has 1 N–H and O–H groups in total. The van der Waals surface area contributed by atoms with Crippen LogP contribution in [0.25, 0.3) is 0 Å². The third kappa shape index (κ3) is 5.28.